The Morgan fingerprint density at radius 2 is 2.00 bits per heavy atom. The molecule has 2 rings (SSSR count). The summed E-state index contributed by atoms with van der Waals surface area (Å²) in [6.45, 7) is 0.425. The van der Waals surface area contributed by atoms with Crippen molar-refractivity contribution in [3.8, 4) is 11.8 Å². The summed E-state index contributed by atoms with van der Waals surface area (Å²) < 4.78 is 5.55. The molecule has 0 amide bonds. The van der Waals surface area contributed by atoms with Gasteiger partial charge in [-0.3, -0.25) is 0 Å². The fourth-order valence-electron chi connectivity index (χ4n) is 1.32. The SMILES string of the molecule is N#Cc1ccc(OCc2ccnc(Cl)c2)cc1. The molecule has 0 saturated heterocycles. The van der Waals surface area contributed by atoms with Crippen LogP contribution in [0.15, 0.2) is 42.6 Å². The number of rotatable bonds is 3. The van der Waals surface area contributed by atoms with Gasteiger partial charge in [0.2, 0.25) is 0 Å². The fourth-order valence-corrected chi connectivity index (χ4v) is 1.52. The van der Waals surface area contributed by atoms with E-state index in [9.17, 15) is 0 Å². The van der Waals surface area contributed by atoms with Crippen LogP contribution < -0.4 is 4.74 Å². The zero-order valence-corrected chi connectivity index (χ0v) is 9.69. The minimum atomic E-state index is 0.425. The lowest BCUT2D eigenvalue weighted by atomic mass is 10.2. The van der Waals surface area contributed by atoms with Crippen LogP contribution in [0.2, 0.25) is 5.15 Å². The monoisotopic (exact) mass is 244 g/mol. The number of nitriles is 1. The van der Waals surface area contributed by atoms with E-state index in [0.29, 0.717) is 17.3 Å². The van der Waals surface area contributed by atoms with Gasteiger partial charge in [-0.25, -0.2) is 4.98 Å². The molecule has 17 heavy (non-hydrogen) atoms. The molecule has 0 aliphatic rings. The molecule has 1 aromatic heterocycles. The number of pyridine rings is 1. The molecule has 3 nitrogen and oxygen atoms in total. The van der Waals surface area contributed by atoms with E-state index >= 15 is 0 Å². The van der Waals surface area contributed by atoms with Crippen molar-refractivity contribution in [3.63, 3.8) is 0 Å². The molecular weight excluding hydrogens is 236 g/mol. The van der Waals surface area contributed by atoms with Gasteiger partial charge >= 0.3 is 0 Å². The summed E-state index contributed by atoms with van der Waals surface area (Å²) in [7, 11) is 0. The van der Waals surface area contributed by atoms with Gasteiger partial charge in [0.05, 0.1) is 11.6 Å². The molecule has 0 atom stereocenters. The molecule has 0 spiro atoms. The van der Waals surface area contributed by atoms with Gasteiger partial charge < -0.3 is 4.74 Å². The number of nitrogens with zero attached hydrogens (tertiary/aromatic N) is 2. The van der Waals surface area contributed by atoms with Gasteiger partial charge in [-0.05, 0) is 42.0 Å². The number of benzene rings is 1. The first-order valence-electron chi connectivity index (χ1n) is 5.01. The van der Waals surface area contributed by atoms with Crippen LogP contribution in [-0.2, 0) is 6.61 Å². The number of ether oxygens (including phenoxy) is 1. The number of aromatic nitrogens is 1. The third-order valence-electron chi connectivity index (χ3n) is 2.18. The lowest BCUT2D eigenvalue weighted by molar-refractivity contribution is 0.306. The van der Waals surface area contributed by atoms with E-state index in [2.05, 4.69) is 11.1 Å². The van der Waals surface area contributed by atoms with Crippen molar-refractivity contribution in [1.29, 1.82) is 5.26 Å². The maximum absolute atomic E-state index is 8.65. The Balaban J connectivity index is 2.00. The molecule has 0 fully saturated rings. The van der Waals surface area contributed by atoms with Crippen LogP contribution in [-0.4, -0.2) is 4.98 Å². The quantitative estimate of drug-likeness (QED) is 0.779. The highest BCUT2D eigenvalue weighted by atomic mass is 35.5. The smallest absolute Gasteiger partial charge is 0.129 e. The summed E-state index contributed by atoms with van der Waals surface area (Å²) in [5.74, 6) is 0.719. The van der Waals surface area contributed by atoms with Crippen LogP contribution in [0.4, 0.5) is 0 Å². The molecule has 2 aromatic rings. The zero-order chi connectivity index (χ0) is 12.1. The van der Waals surface area contributed by atoms with Gasteiger partial charge in [-0.1, -0.05) is 11.6 Å². The second-order valence-corrected chi connectivity index (χ2v) is 3.80. The van der Waals surface area contributed by atoms with Gasteiger partial charge in [-0.15, -0.1) is 0 Å². The van der Waals surface area contributed by atoms with Crippen LogP contribution >= 0.6 is 11.6 Å². The van der Waals surface area contributed by atoms with E-state index in [1.807, 2.05) is 6.07 Å². The summed E-state index contributed by atoms with van der Waals surface area (Å²) >= 11 is 5.76. The zero-order valence-electron chi connectivity index (χ0n) is 8.93. The first-order chi connectivity index (χ1) is 8.28. The lowest BCUT2D eigenvalue weighted by Gasteiger charge is -2.06. The number of hydrogen-bond acceptors (Lipinski definition) is 3. The Bertz CT molecular complexity index is 546. The molecule has 0 bridgehead atoms. The number of halogens is 1. The third kappa shape index (κ3) is 3.20. The minimum Gasteiger partial charge on any atom is -0.489 e. The van der Waals surface area contributed by atoms with Gasteiger partial charge in [0, 0.05) is 6.20 Å². The Labute approximate surface area is 104 Å². The van der Waals surface area contributed by atoms with Crippen molar-refractivity contribution in [1.82, 2.24) is 4.98 Å². The third-order valence-corrected chi connectivity index (χ3v) is 2.39. The predicted molar refractivity (Wildman–Crippen MR) is 64.7 cm³/mol. The molecule has 0 unspecified atom stereocenters. The van der Waals surface area contributed by atoms with Crippen LogP contribution in [0, 0.1) is 11.3 Å². The molecule has 0 aliphatic carbocycles. The first kappa shape index (κ1) is 11.4. The first-order valence-corrected chi connectivity index (χ1v) is 5.39. The van der Waals surface area contributed by atoms with Crippen molar-refractivity contribution < 1.29 is 4.74 Å². The molecule has 0 radical (unpaired) electrons. The van der Waals surface area contributed by atoms with Crippen molar-refractivity contribution in [2.45, 2.75) is 6.61 Å². The van der Waals surface area contributed by atoms with Gasteiger partial charge in [-0.2, -0.15) is 5.26 Å². The molecule has 0 aliphatic heterocycles. The van der Waals surface area contributed by atoms with E-state index in [4.69, 9.17) is 21.6 Å². The Hall–Kier alpha value is -2.05. The summed E-state index contributed by atoms with van der Waals surface area (Å²) in [6, 6.07) is 12.6. The molecule has 0 saturated carbocycles. The van der Waals surface area contributed by atoms with E-state index in [1.54, 1.807) is 36.5 Å². The molecule has 4 heteroatoms. The average molecular weight is 245 g/mol. The summed E-state index contributed by atoms with van der Waals surface area (Å²) in [5, 5.41) is 9.10. The van der Waals surface area contributed by atoms with E-state index < -0.39 is 0 Å². The lowest BCUT2D eigenvalue weighted by Crippen LogP contribution is -1.95. The van der Waals surface area contributed by atoms with Crippen molar-refractivity contribution in [2.24, 2.45) is 0 Å². The van der Waals surface area contributed by atoms with Crippen LogP contribution in [0.1, 0.15) is 11.1 Å². The minimum absolute atomic E-state index is 0.425. The van der Waals surface area contributed by atoms with Crippen LogP contribution in [0.3, 0.4) is 0 Å². The topological polar surface area (TPSA) is 45.9 Å². The van der Waals surface area contributed by atoms with Crippen molar-refractivity contribution in [3.05, 3.63) is 58.9 Å². The Morgan fingerprint density at radius 1 is 1.24 bits per heavy atom. The molecular formula is C13H9ClN2O. The fraction of sp³-hybridized carbons (Fsp3) is 0.0769. The summed E-state index contributed by atoms with van der Waals surface area (Å²) in [5.41, 5.74) is 1.57. The summed E-state index contributed by atoms with van der Waals surface area (Å²) in [4.78, 5) is 3.89. The van der Waals surface area contributed by atoms with Gasteiger partial charge in [0.15, 0.2) is 0 Å². The molecule has 1 heterocycles. The van der Waals surface area contributed by atoms with Gasteiger partial charge in [0.1, 0.15) is 17.5 Å². The van der Waals surface area contributed by atoms with Crippen LogP contribution in [0.5, 0.6) is 5.75 Å². The Kier molecular flexibility index (Phi) is 3.59. The second kappa shape index (κ2) is 5.33. The normalized spacial score (nSPS) is 9.65. The molecule has 1 aromatic carbocycles. The molecule has 84 valence electrons. The van der Waals surface area contributed by atoms with E-state index in [1.165, 1.54) is 0 Å². The standard InChI is InChI=1S/C13H9ClN2O/c14-13-7-11(5-6-16-13)9-17-12-3-1-10(8-15)2-4-12/h1-7H,9H2. The van der Waals surface area contributed by atoms with E-state index in [-0.39, 0.29) is 0 Å². The van der Waals surface area contributed by atoms with E-state index in [0.717, 1.165) is 11.3 Å². The maximum Gasteiger partial charge on any atom is 0.129 e. The van der Waals surface area contributed by atoms with Crippen molar-refractivity contribution >= 4 is 11.6 Å². The Morgan fingerprint density at radius 3 is 2.65 bits per heavy atom. The maximum atomic E-state index is 8.65. The number of hydrogen-bond donors (Lipinski definition) is 0. The second-order valence-electron chi connectivity index (χ2n) is 3.41. The highest BCUT2D eigenvalue weighted by molar-refractivity contribution is 6.29. The van der Waals surface area contributed by atoms with Gasteiger partial charge in [0.25, 0.3) is 0 Å². The largest absolute Gasteiger partial charge is 0.489 e. The highest BCUT2D eigenvalue weighted by Gasteiger charge is 1.98. The average Bonchev–Trinajstić information content (AvgIpc) is 2.37. The summed E-state index contributed by atoms with van der Waals surface area (Å²) in [6.07, 6.45) is 1.64. The predicted octanol–water partition coefficient (Wildman–Crippen LogP) is 3.19. The molecule has 0 N–H and O–H groups in total. The van der Waals surface area contributed by atoms with Crippen LogP contribution in [0.25, 0.3) is 0 Å². The van der Waals surface area contributed by atoms with Crippen molar-refractivity contribution in [2.75, 3.05) is 0 Å². The highest BCUT2D eigenvalue weighted by Crippen LogP contribution is 2.14.